The van der Waals surface area contributed by atoms with Crippen LogP contribution >= 0.6 is 15.9 Å². The van der Waals surface area contributed by atoms with E-state index >= 15 is 0 Å². The molecule has 0 bridgehead atoms. The molecule has 3 nitrogen and oxygen atoms in total. The molecule has 0 radical (unpaired) electrons. The average Bonchev–Trinajstić information content (AvgIpc) is 2.32. The summed E-state index contributed by atoms with van der Waals surface area (Å²) < 4.78 is 6.47. The molecular weight excluding hydrogens is 282 g/mol. The first-order valence-corrected chi connectivity index (χ1v) is 5.83. The maximum Gasteiger partial charge on any atom is 0.153 e. The van der Waals surface area contributed by atoms with Gasteiger partial charge in [-0.15, -0.1) is 0 Å². The van der Waals surface area contributed by atoms with Crippen LogP contribution in [-0.2, 0) is 0 Å². The minimum atomic E-state index is 0.508. The molecule has 0 unspecified atom stereocenters. The molecule has 0 aliphatic rings. The molecular formula is C13H10BrNO2. The van der Waals surface area contributed by atoms with Crippen molar-refractivity contribution in [2.24, 2.45) is 0 Å². The monoisotopic (exact) mass is 291 g/mol. The Hall–Kier alpha value is -1.68. The first kappa shape index (κ1) is 11.8. The number of benzene rings is 1. The topological polar surface area (TPSA) is 39.2 Å². The molecule has 1 aromatic carbocycles. The number of aromatic nitrogens is 1. The molecule has 1 heterocycles. The van der Waals surface area contributed by atoms with E-state index in [1.165, 1.54) is 0 Å². The lowest BCUT2D eigenvalue weighted by atomic mass is 10.2. The first-order chi connectivity index (χ1) is 8.19. The summed E-state index contributed by atoms with van der Waals surface area (Å²) >= 11 is 3.34. The Morgan fingerprint density at radius 1 is 1.29 bits per heavy atom. The third-order valence-corrected chi connectivity index (χ3v) is 2.71. The van der Waals surface area contributed by atoms with Gasteiger partial charge in [-0.3, -0.25) is 9.78 Å². The van der Waals surface area contributed by atoms with Gasteiger partial charge < -0.3 is 4.74 Å². The van der Waals surface area contributed by atoms with Gasteiger partial charge in [0.25, 0.3) is 0 Å². The third kappa shape index (κ3) is 2.91. The van der Waals surface area contributed by atoms with Crippen LogP contribution in [0.4, 0.5) is 0 Å². The predicted octanol–water partition coefficient (Wildman–Crippen LogP) is 3.76. The van der Waals surface area contributed by atoms with Crippen LogP contribution in [0, 0.1) is 6.92 Å². The maximum absolute atomic E-state index is 10.9. The van der Waals surface area contributed by atoms with Crippen LogP contribution in [0.25, 0.3) is 0 Å². The number of ether oxygens (including phenoxy) is 1. The molecule has 17 heavy (non-hydrogen) atoms. The molecule has 0 amide bonds. The minimum absolute atomic E-state index is 0.508. The molecule has 0 spiro atoms. The predicted molar refractivity (Wildman–Crippen MR) is 68.6 cm³/mol. The molecule has 4 heteroatoms. The zero-order valence-corrected chi connectivity index (χ0v) is 10.8. The molecule has 0 aliphatic carbocycles. The first-order valence-electron chi connectivity index (χ1n) is 5.04. The second kappa shape index (κ2) is 5.10. The maximum atomic E-state index is 10.9. The van der Waals surface area contributed by atoms with Gasteiger partial charge in [0.2, 0.25) is 0 Å². The number of hydrogen-bond donors (Lipinski definition) is 0. The number of nitrogens with zero attached hydrogens (tertiary/aromatic N) is 1. The second-order valence-electron chi connectivity index (χ2n) is 3.54. The van der Waals surface area contributed by atoms with E-state index < -0.39 is 0 Å². The molecule has 0 saturated heterocycles. The highest BCUT2D eigenvalue weighted by Crippen LogP contribution is 2.27. The van der Waals surface area contributed by atoms with Crippen molar-refractivity contribution in [2.75, 3.05) is 0 Å². The molecule has 2 rings (SSSR count). The number of carbonyl (C=O) groups excluding carboxylic acids is 1. The summed E-state index contributed by atoms with van der Waals surface area (Å²) in [6.45, 7) is 1.90. The normalized spacial score (nSPS) is 10.0. The van der Waals surface area contributed by atoms with Crippen molar-refractivity contribution in [1.82, 2.24) is 4.98 Å². The van der Waals surface area contributed by atoms with E-state index in [-0.39, 0.29) is 0 Å². The van der Waals surface area contributed by atoms with Gasteiger partial charge in [-0.2, -0.15) is 0 Å². The van der Waals surface area contributed by atoms with E-state index in [1.54, 1.807) is 24.4 Å². The Morgan fingerprint density at radius 3 is 2.76 bits per heavy atom. The van der Waals surface area contributed by atoms with Crippen LogP contribution in [0.3, 0.4) is 0 Å². The van der Waals surface area contributed by atoms with E-state index in [1.807, 2.05) is 19.1 Å². The zero-order chi connectivity index (χ0) is 12.3. The van der Waals surface area contributed by atoms with Crippen molar-refractivity contribution < 1.29 is 9.53 Å². The van der Waals surface area contributed by atoms with Gasteiger partial charge in [0.05, 0.1) is 11.8 Å². The van der Waals surface area contributed by atoms with E-state index in [9.17, 15) is 4.79 Å². The summed E-state index contributed by atoms with van der Waals surface area (Å²) in [4.78, 5) is 15.0. The lowest BCUT2D eigenvalue weighted by molar-refractivity contribution is 0.112. The number of aryl methyl sites for hydroxylation is 1. The van der Waals surface area contributed by atoms with Crippen molar-refractivity contribution in [3.8, 4) is 11.5 Å². The summed E-state index contributed by atoms with van der Waals surface area (Å²) in [6.07, 6.45) is 2.40. The SMILES string of the molecule is Cc1ccc(Oc2cc(Br)ccc2C=O)cn1. The van der Waals surface area contributed by atoms with Crippen molar-refractivity contribution in [3.63, 3.8) is 0 Å². The summed E-state index contributed by atoms with van der Waals surface area (Å²) in [6, 6.07) is 8.92. The van der Waals surface area contributed by atoms with Crippen LogP contribution in [0.1, 0.15) is 16.1 Å². The summed E-state index contributed by atoms with van der Waals surface area (Å²) in [5, 5.41) is 0. The van der Waals surface area contributed by atoms with E-state index in [2.05, 4.69) is 20.9 Å². The largest absolute Gasteiger partial charge is 0.455 e. The highest BCUT2D eigenvalue weighted by molar-refractivity contribution is 9.10. The number of carbonyl (C=O) groups is 1. The number of hydrogen-bond acceptors (Lipinski definition) is 3. The van der Waals surface area contributed by atoms with Crippen LogP contribution < -0.4 is 4.74 Å². The fourth-order valence-corrected chi connectivity index (χ4v) is 1.68. The average molecular weight is 292 g/mol. The lowest BCUT2D eigenvalue weighted by Gasteiger charge is -2.08. The fourth-order valence-electron chi connectivity index (χ4n) is 1.34. The molecule has 0 saturated carbocycles. The number of pyridine rings is 1. The Labute approximate surface area is 108 Å². The summed E-state index contributed by atoms with van der Waals surface area (Å²) in [7, 11) is 0. The smallest absolute Gasteiger partial charge is 0.153 e. The van der Waals surface area contributed by atoms with Gasteiger partial charge in [0.1, 0.15) is 11.5 Å². The minimum Gasteiger partial charge on any atom is -0.455 e. The van der Waals surface area contributed by atoms with Gasteiger partial charge in [0, 0.05) is 10.2 Å². The number of rotatable bonds is 3. The van der Waals surface area contributed by atoms with Gasteiger partial charge in [-0.1, -0.05) is 15.9 Å². The highest BCUT2D eigenvalue weighted by Gasteiger charge is 2.05. The van der Waals surface area contributed by atoms with Crippen LogP contribution in [0.2, 0.25) is 0 Å². The zero-order valence-electron chi connectivity index (χ0n) is 9.18. The molecule has 0 N–H and O–H groups in total. The van der Waals surface area contributed by atoms with Gasteiger partial charge in [-0.05, 0) is 37.3 Å². The Morgan fingerprint density at radius 2 is 2.12 bits per heavy atom. The second-order valence-corrected chi connectivity index (χ2v) is 4.45. The molecule has 0 fully saturated rings. The van der Waals surface area contributed by atoms with Crippen LogP contribution in [0.15, 0.2) is 41.0 Å². The molecule has 1 aromatic heterocycles. The van der Waals surface area contributed by atoms with E-state index in [4.69, 9.17) is 4.74 Å². The Kier molecular flexibility index (Phi) is 3.54. The molecule has 0 atom stereocenters. The number of aldehydes is 1. The van der Waals surface area contributed by atoms with Crippen molar-refractivity contribution in [2.45, 2.75) is 6.92 Å². The lowest BCUT2D eigenvalue weighted by Crippen LogP contribution is -1.91. The fraction of sp³-hybridized carbons (Fsp3) is 0.0769. The molecule has 86 valence electrons. The third-order valence-electron chi connectivity index (χ3n) is 2.21. The van der Waals surface area contributed by atoms with Crippen molar-refractivity contribution in [1.29, 1.82) is 0 Å². The van der Waals surface area contributed by atoms with Crippen molar-refractivity contribution in [3.05, 3.63) is 52.3 Å². The Balaban J connectivity index is 2.31. The van der Waals surface area contributed by atoms with E-state index in [0.717, 1.165) is 16.5 Å². The van der Waals surface area contributed by atoms with Crippen molar-refractivity contribution >= 4 is 22.2 Å². The van der Waals surface area contributed by atoms with Gasteiger partial charge >= 0.3 is 0 Å². The Bertz CT molecular complexity index is 538. The quantitative estimate of drug-likeness (QED) is 0.809. The van der Waals surface area contributed by atoms with Gasteiger partial charge in [-0.25, -0.2) is 0 Å². The summed E-state index contributed by atoms with van der Waals surface area (Å²) in [5.41, 5.74) is 1.43. The highest BCUT2D eigenvalue weighted by atomic mass is 79.9. The number of halogens is 1. The molecule has 0 aliphatic heterocycles. The standard InChI is InChI=1S/C13H10BrNO2/c1-9-2-5-12(7-15-9)17-13-6-11(14)4-3-10(13)8-16/h2-8H,1H3. The van der Waals surface area contributed by atoms with Gasteiger partial charge in [0.15, 0.2) is 6.29 Å². The van der Waals surface area contributed by atoms with Crippen LogP contribution in [-0.4, -0.2) is 11.3 Å². The van der Waals surface area contributed by atoms with E-state index in [0.29, 0.717) is 17.1 Å². The van der Waals surface area contributed by atoms with Crippen LogP contribution in [0.5, 0.6) is 11.5 Å². The molecule has 2 aromatic rings. The summed E-state index contributed by atoms with van der Waals surface area (Å²) in [5.74, 6) is 1.12.